The second-order valence-electron chi connectivity index (χ2n) is 5.57. The van der Waals surface area contributed by atoms with Crippen LogP contribution in [0.1, 0.15) is 30.4 Å². The van der Waals surface area contributed by atoms with Crippen molar-refractivity contribution in [2.24, 2.45) is 4.99 Å². The Kier molecular flexibility index (Phi) is 2.62. The van der Waals surface area contributed by atoms with E-state index in [2.05, 4.69) is 42.5 Å². The van der Waals surface area contributed by atoms with Crippen molar-refractivity contribution in [2.75, 3.05) is 0 Å². The maximum absolute atomic E-state index is 6.18. The van der Waals surface area contributed by atoms with E-state index in [9.17, 15) is 0 Å². The van der Waals surface area contributed by atoms with E-state index in [1.807, 2.05) is 18.2 Å². The van der Waals surface area contributed by atoms with Crippen molar-refractivity contribution in [3.8, 4) is 0 Å². The van der Waals surface area contributed by atoms with Gasteiger partial charge < -0.3 is 4.74 Å². The van der Waals surface area contributed by atoms with Gasteiger partial charge >= 0.3 is 0 Å². The minimum Gasteiger partial charge on any atom is -0.471 e. The van der Waals surface area contributed by atoms with Crippen molar-refractivity contribution in [2.45, 2.75) is 30.9 Å². The Morgan fingerprint density at radius 3 is 2.40 bits per heavy atom. The summed E-state index contributed by atoms with van der Waals surface area (Å²) in [6.07, 6.45) is 3.55. The zero-order valence-corrected chi connectivity index (χ0v) is 11.3. The third-order valence-corrected chi connectivity index (χ3v) is 4.41. The fraction of sp³-hybridized carbons (Fsp3) is 0.278. The largest absolute Gasteiger partial charge is 0.471 e. The molecule has 0 radical (unpaired) electrons. The Hall–Kier alpha value is -2.09. The van der Waals surface area contributed by atoms with Crippen molar-refractivity contribution in [1.82, 2.24) is 0 Å². The molecule has 1 heterocycles. The minimum atomic E-state index is -0.160. The SMILES string of the molecule is c1ccc(C2=N[C@]3(c4ccccc4)CCC[C@@H]3O2)cc1. The van der Waals surface area contributed by atoms with Crippen molar-refractivity contribution < 1.29 is 4.74 Å². The minimum absolute atomic E-state index is 0.160. The molecule has 0 aromatic heterocycles. The van der Waals surface area contributed by atoms with Gasteiger partial charge in [-0.3, -0.25) is 0 Å². The van der Waals surface area contributed by atoms with E-state index in [0.717, 1.165) is 24.3 Å². The number of rotatable bonds is 2. The Morgan fingerprint density at radius 2 is 1.65 bits per heavy atom. The first-order chi connectivity index (χ1) is 9.88. The Labute approximate surface area is 119 Å². The lowest BCUT2D eigenvalue weighted by Crippen LogP contribution is -2.29. The smallest absolute Gasteiger partial charge is 0.217 e. The Morgan fingerprint density at radius 1 is 0.950 bits per heavy atom. The molecule has 0 saturated heterocycles. The first-order valence-electron chi connectivity index (χ1n) is 7.26. The third-order valence-electron chi connectivity index (χ3n) is 4.41. The topological polar surface area (TPSA) is 21.6 Å². The Bertz CT molecular complexity index is 635. The highest BCUT2D eigenvalue weighted by Crippen LogP contribution is 2.48. The molecule has 1 fully saturated rings. The summed E-state index contributed by atoms with van der Waals surface area (Å²) in [6.45, 7) is 0. The van der Waals surface area contributed by atoms with Crippen molar-refractivity contribution in [3.63, 3.8) is 0 Å². The molecule has 2 aromatic carbocycles. The number of hydrogen-bond acceptors (Lipinski definition) is 2. The molecule has 100 valence electrons. The van der Waals surface area contributed by atoms with Gasteiger partial charge in [-0.1, -0.05) is 48.5 Å². The zero-order chi connectivity index (χ0) is 13.4. The van der Waals surface area contributed by atoms with Crippen LogP contribution in [0, 0.1) is 0 Å². The lowest BCUT2D eigenvalue weighted by molar-refractivity contribution is 0.163. The number of fused-ring (bicyclic) bond motifs is 1. The summed E-state index contributed by atoms with van der Waals surface area (Å²) in [5.41, 5.74) is 2.21. The average molecular weight is 263 g/mol. The molecule has 2 aromatic rings. The van der Waals surface area contributed by atoms with Crippen molar-refractivity contribution >= 4 is 5.90 Å². The summed E-state index contributed by atoms with van der Waals surface area (Å²) >= 11 is 0. The van der Waals surface area contributed by atoms with Crippen LogP contribution in [-0.2, 0) is 10.3 Å². The summed E-state index contributed by atoms with van der Waals surface area (Å²) in [6, 6.07) is 20.8. The van der Waals surface area contributed by atoms with E-state index in [1.165, 1.54) is 12.0 Å². The first-order valence-corrected chi connectivity index (χ1v) is 7.26. The van der Waals surface area contributed by atoms with Crippen LogP contribution in [0.25, 0.3) is 0 Å². The maximum Gasteiger partial charge on any atom is 0.217 e. The van der Waals surface area contributed by atoms with Gasteiger partial charge in [0.2, 0.25) is 5.90 Å². The third kappa shape index (κ3) is 1.68. The normalized spacial score (nSPS) is 27.8. The molecule has 4 rings (SSSR count). The van der Waals surface area contributed by atoms with Crippen LogP contribution >= 0.6 is 0 Å². The van der Waals surface area contributed by atoms with Gasteiger partial charge in [0.05, 0.1) is 0 Å². The zero-order valence-electron chi connectivity index (χ0n) is 11.3. The highest BCUT2D eigenvalue weighted by Gasteiger charge is 2.50. The van der Waals surface area contributed by atoms with E-state index in [4.69, 9.17) is 9.73 Å². The van der Waals surface area contributed by atoms with Crippen LogP contribution in [-0.4, -0.2) is 12.0 Å². The average Bonchev–Trinajstić information content (AvgIpc) is 3.07. The van der Waals surface area contributed by atoms with Gasteiger partial charge in [-0.05, 0) is 37.0 Å². The molecule has 0 amide bonds. The Balaban J connectivity index is 1.80. The lowest BCUT2D eigenvalue weighted by atomic mass is 9.87. The summed E-state index contributed by atoms with van der Waals surface area (Å²) in [7, 11) is 0. The van der Waals surface area contributed by atoms with Gasteiger partial charge in [0.1, 0.15) is 11.6 Å². The predicted molar refractivity (Wildman–Crippen MR) is 79.8 cm³/mol. The standard InChI is InChI=1S/C18H17NO/c1-3-8-14(9-4-1)17-19-18(13-7-12-16(18)20-17)15-10-5-2-6-11-15/h1-6,8-11,16H,7,12-13H2/t16-,18-/m0/s1. The molecule has 0 unspecified atom stereocenters. The highest BCUT2D eigenvalue weighted by atomic mass is 16.5. The summed E-state index contributed by atoms with van der Waals surface area (Å²) in [5.74, 6) is 0.805. The second-order valence-corrected chi connectivity index (χ2v) is 5.57. The molecular weight excluding hydrogens is 246 g/mol. The molecule has 0 N–H and O–H groups in total. The second kappa shape index (κ2) is 4.48. The van der Waals surface area contributed by atoms with Gasteiger partial charge in [-0.15, -0.1) is 0 Å². The van der Waals surface area contributed by atoms with E-state index in [0.29, 0.717) is 0 Å². The molecule has 20 heavy (non-hydrogen) atoms. The van der Waals surface area contributed by atoms with Crippen LogP contribution in [0.2, 0.25) is 0 Å². The van der Waals surface area contributed by atoms with Crippen LogP contribution < -0.4 is 0 Å². The maximum atomic E-state index is 6.18. The molecule has 2 heteroatoms. The monoisotopic (exact) mass is 263 g/mol. The summed E-state index contributed by atoms with van der Waals surface area (Å²) in [5, 5.41) is 0. The van der Waals surface area contributed by atoms with E-state index < -0.39 is 0 Å². The van der Waals surface area contributed by atoms with Gasteiger partial charge in [0, 0.05) is 5.56 Å². The van der Waals surface area contributed by atoms with E-state index >= 15 is 0 Å². The van der Waals surface area contributed by atoms with Gasteiger partial charge in [-0.25, -0.2) is 4.99 Å². The van der Waals surface area contributed by atoms with Crippen LogP contribution in [0.5, 0.6) is 0 Å². The van der Waals surface area contributed by atoms with Gasteiger partial charge in [0.15, 0.2) is 0 Å². The van der Waals surface area contributed by atoms with Crippen LogP contribution in [0.15, 0.2) is 65.7 Å². The molecule has 2 nitrogen and oxygen atoms in total. The number of benzene rings is 2. The molecule has 2 aliphatic rings. The number of nitrogens with zero attached hydrogens (tertiary/aromatic N) is 1. The number of hydrogen-bond donors (Lipinski definition) is 0. The first kappa shape index (κ1) is 11.7. The van der Waals surface area contributed by atoms with Gasteiger partial charge in [0.25, 0.3) is 0 Å². The number of aliphatic imine (C=N–C) groups is 1. The van der Waals surface area contributed by atoms with E-state index in [1.54, 1.807) is 0 Å². The molecular formula is C18H17NO. The fourth-order valence-electron chi connectivity index (χ4n) is 3.42. The lowest BCUT2D eigenvalue weighted by Gasteiger charge is -2.24. The molecule has 2 atom stereocenters. The molecule has 0 spiro atoms. The summed E-state index contributed by atoms with van der Waals surface area (Å²) < 4.78 is 6.18. The molecule has 1 aliphatic heterocycles. The van der Waals surface area contributed by atoms with Crippen LogP contribution in [0.3, 0.4) is 0 Å². The number of ether oxygens (including phenoxy) is 1. The van der Waals surface area contributed by atoms with Gasteiger partial charge in [-0.2, -0.15) is 0 Å². The molecule has 1 aliphatic carbocycles. The molecule has 0 bridgehead atoms. The molecule has 1 saturated carbocycles. The van der Waals surface area contributed by atoms with Crippen LogP contribution in [0.4, 0.5) is 0 Å². The quantitative estimate of drug-likeness (QED) is 0.805. The summed E-state index contributed by atoms with van der Waals surface area (Å²) in [4.78, 5) is 5.02. The highest BCUT2D eigenvalue weighted by molar-refractivity contribution is 5.95. The van der Waals surface area contributed by atoms with Crippen molar-refractivity contribution in [1.29, 1.82) is 0 Å². The fourth-order valence-corrected chi connectivity index (χ4v) is 3.42. The van der Waals surface area contributed by atoms with E-state index in [-0.39, 0.29) is 11.6 Å². The predicted octanol–water partition coefficient (Wildman–Crippen LogP) is 3.91. The van der Waals surface area contributed by atoms with Crippen molar-refractivity contribution in [3.05, 3.63) is 71.8 Å².